The van der Waals surface area contributed by atoms with Crippen LogP contribution in [0.15, 0.2) is 35.9 Å². The third kappa shape index (κ3) is 3.34. The molecule has 0 bridgehead atoms. The largest absolute Gasteiger partial charge is 0.310 e. The fourth-order valence-electron chi connectivity index (χ4n) is 2.47. The van der Waals surface area contributed by atoms with Gasteiger partial charge < -0.3 is 5.32 Å². The number of hydrogen-bond donors (Lipinski definition) is 1. The molecular formula is C15H20ClN. The smallest absolute Gasteiger partial charge is 0.0323 e. The highest BCUT2D eigenvalue weighted by Crippen LogP contribution is 2.29. The van der Waals surface area contributed by atoms with Crippen LogP contribution in [0.2, 0.25) is 0 Å². The quantitative estimate of drug-likeness (QED) is 0.849. The molecule has 1 heterocycles. The van der Waals surface area contributed by atoms with Crippen LogP contribution < -0.4 is 5.32 Å². The Morgan fingerprint density at radius 2 is 2.12 bits per heavy atom. The van der Waals surface area contributed by atoms with Crippen molar-refractivity contribution in [1.82, 2.24) is 5.32 Å². The predicted octanol–water partition coefficient (Wildman–Crippen LogP) is 4.04. The average molecular weight is 250 g/mol. The molecule has 2 heteroatoms. The molecule has 2 atom stereocenters. The lowest BCUT2D eigenvalue weighted by Crippen LogP contribution is -2.13. The van der Waals surface area contributed by atoms with E-state index in [1.165, 1.54) is 17.5 Å². The van der Waals surface area contributed by atoms with E-state index in [4.69, 9.17) is 11.6 Å². The topological polar surface area (TPSA) is 12.0 Å². The van der Waals surface area contributed by atoms with Crippen LogP contribution in [0.4, 0.5) is 0 Å². The zero-order chi connectivity index (χ0) is 12.1. The minimum absolute atomic E-state index is 0.523. The molecule has 2 unspecified atom stereocenters. The van der Waals surface area contributed by atoms with E-state index in [-0.39, 0.29) is 0 Å². The second kappa shape index (κ2) is 6.23. The summed E-state index contributed by atoms with van der Waals surface area (Å²) >= 11 is 5.57. The van der Waals surface area contributed by atoms with Crippen molar-refractivity contribution < 1.29 is 0 Å². The van der Waals surface area contributed by atoms with E-state index in [2.05, 4.69) is 42.6 Å². The van der Waals surface area contributed by atoms with E-state index < -0.39 is 0 Å². The Hall–Kier alpha value is -0.790. The first-order valence-electron chi connectivity index (χ1n) is 6.41. The van der Waals surface area contributed by atoms with Crippen LogP contribution in [0.5, 0.6) is 0 Å². The molecule has 1 aliphatic rings. The molecule has 1 aromatic carbocycles. The third-order valence-corrected chi connectivity index (χ3v) is 3.75. The van der Waals surface area contributed by atoms with Gasteiger partial charge in [0.05, 0.1) is 0 Å². The van der Waals surface area contributed by atoms with Crippen LogP contribution in [-0.2, 0) is 6.42 Å². The van der Waals surface area contributed by atoms with Gasteiger partial charge >= 0.3 is 0 Å². The van der Waals surface area contributed by atoms with Crippen molar-refractivity contribution in [3.05, 3.63) is 47.0 Å². The van der Waals surface area contributed by atoms with E-state index in [1.54, 1.807) is 5.54 Å². The minimum atomic E-state index is 0.523. The van der Waals surface area contributed by atoms with Crippen LogP contribution in [0, 0.1) is 5.92 Å². The maximum atomic E-state index is 5.57. The summed E-state index contributed by atoms with van der Waals surface area (Å²) in [6.07, 6.45) is 5.46. The van der Waals surface area contributed by atoms with Crippen molar-refractivity contribution in [2.24, 2.45) is 5.92 Å². The Kier molecular flexibility index (Phi) is 4.64. The molecule has 0 aromatic heterocycles. The van der Waals surface area contributed by atoms with Crippen molar-refractivity contribution in [2.75, 3.05) is 6.54 Å². The number of rotatable bonds is 4. The summed E-state index contributed by atoms with van der Waals surface area (Å²) in [5, 5.41) is 3.59. The number of nitrogens with one attached hydrogen (secondary N) is 1. The summed E-state index contributed by atoms with van der Waals surface area (Å²) in [4.78, 5) is 0. The number of halogens is 1. The molecular weight excluding hydrogens is 230 g/mol. The standard InChI is InChI=1S/C15H20ClN/c1-2-12-5-7-14(8-6-12)15-10-13(11-17-15)4-3-9-16/h3,5-9,13,15,17H,2,4,10-11H2,1H3/b9-3+. The third-order valence-electron chi connectivity index (χ3n) is 3.57. The Morgan fingerprint density at radius 1 is 1.35 bits per heavy atom. The number of benzene rings is 1. The molecule has 0 saturated carbocycles. The van der Waals surface area contributed by atoms with Crippen LogP contribution in [-0.4, -0.2) is 6.54 Å². The summed E-state index contributed by atoms with van der Waals surface area (Å²) in [7, 11) is 0. The normalized spacial score (nSPS) is 24.6. The van der Waals surface area contributed by atoms with Crippen molar-refractivity contribution in [3.63, 3.8) is 0 Å². The maximum Gasteiger partial charge on any atom is 0.0323 e. The second-order valence-electron chi connectivity index (χ2n) is 4.76. The van der Waals surface area contributed by atoms with Gasteiger partial charge in [0.1, 0.15) is 0 Å². The Balaban J connectivity index is 1.94. The molecule has 1 nitrogen and oxygen atoms in total. The first-order valence-corrected chi connectivity index (χ1v) is 6.84. The Bertz CT molecular complexity index is 369. The first kappa shape index (κ1) is 12.7. The molecule has 0 amide bonds. The van der Waals surface area contributed by atoms with Gasteiger partial charge in [-0.25, -0.2) is 0 Å². The maximum absolute atomic E-state index is 5.57. The second-order valence-corrected chi connectivity index (χ2v) is 5.01. The molecule has 1 N–H and O–H groups in total. The summed E-state index contributed by atoms with van der Waals surface area (Å²) in [6, 6.07) is 9.52. The summed E-state index contributed by atoms with van der Waals surface area (Å²) in [6.45, 7) is 3.29. The van der Waals surface area contributed by atoms with Gasteiger partial charge in [0, 0.05) is 11.6 Å². The van der Waals surface area contributed by atoms with Crippen molar-refractivity contribution in [3.8, 4) is 0 Å². The Morgan fingerprint density at radius 3 is 2.76 bits per heavy atom. The molecule has 1 saturated heterocycles. The van der Waals surface area contributed by atoms with Crippen LogP contribution in [0.3, 0.4) is 0 Å². The van der Waals surface area contributed by atoms with Crippen LogP contribution in [0.25, 0.3) is 0 Å². The molecule has 1 aromatic rings. The van der Waals surface area contributed by atoms with Gasteiger partial charge in [0.2, 0.25) is 0 Å². The van der Waals surface area contributed by atoms with Crippen LogP contribution in [0.1, 0.15) is 36.9 Å². The van der Waals surface area contributed by atoms with E-state index in [0.717, 1.165) is 25.3 Å². The van der Waals surface area contributed by atoms with Gasteiger partial charge in [-0.3, -0.25) is 0 Å². The van der Waals surface area contributed by atoms with Gasteiger partial charge in [-0.15, -0.1) is 0 Å². The molecule has 92 valence electrons. The SMILES string of the molecule is CCc1ccc(C2CC(C/C=C/Cl)CN2)cc1. The lowest BCUT2D eigenvalue weighted by molar-refractivity contribution is 0.571. The molecule has 2 rings (SSSR count). The zero-order valence-electron chi connectivity index (χ0n) is 10.3. The monoisotopic (exact) mass is 249 g/mol. The van der Waals surface area contributed by atoms with Crippen LogP contribution >= 0.6 is 11.6 Å². The lowest BCUT2D eigenvalue weighted by atomic mass is 9.97. The minimum Gasteiger partial charge on any atom is -0.310 e. The average Bonchev–Trinajstić information content (AvgIpc) is 2.85. The van der Waals surface area contributed by atoms with Gasteiger partial charge in [-0.2, -0.15) is 0 Å². The number of aryl methyl sites for hydroxylation is 1. The summed E-state index contributed by atoms with van der Waals surface area (Å²) in [5.74, 6) is 0.723. The Labute approximate surface area is 109 Å². The summed E-state index contributed by atoms with van der Waals surface area (Å²) < 4.78 is 0. The zero-order valence-corrected chi connectivity index (χ0v) is 11.1. The highest BCUT2D eigenvalue weighted by atomic mass is 35.5. The van der Waals surface area contributed by atoms with Gasteiger partial charge in [0.25, 0.3) is 0 Å². The molecule has 17 heavy (non-hydrogen) atoms. The molecule has 1 fully saturated rings. The van der Waals surface area contributed by atoms with Gasteiger partial charge in [-0.05, 0) is 42.9 Å². The molecule has 0 radical (unpaired) electrons. The predicted molar refractivity (Wildman–Crippen MR) is 74.3 cm³/mol. The van der Waals surface area contributed by atoms with E-state index in [1.807, 2.05) is 0 Å². The van der Waals surface area contributed by atoms with E-state index in [0.29, 0.717) is 6.04 Å². The van der Waals surface area contributed by atoms with Gasteiger partial charge in [0.15, 0.2) is 0 Å². The highest BCUT2D eigenvalue weighted by Gasteiger charge is 2.23. The van der Waals surface area contributed by atoms with E-state index >= 15 is 0 Å². The van der Waals surface area contributed by atoms with Gasteiger partial charge in [-0.1, -0.05) is 48.9 Å². The fraction of sp³-hybridized carbons (Fsp3) is 0.467. The summed E-state index contributed by atoms with van der Waals surface area (Å²) in [5.41, 5.74) is 4.46. The first-order chi connectivity index (χ1) is 8.33. The number of hydrogen-bond acceptors (Lipinski definition) is 1. The molecule has 0 spiro atoms. The van der Waals surface area contributed by atoms with E-state index in [9.17, 15) is 0 Å². The lowest BCUT2D eigenvalue weighted by Gasteiger charge is -2.11. The van der Waals surface area contributed by atoms with Crippen molar-refractivity contribution >= 4 is 11.6 Å². The number of allylic oxidation sites excluding steroid dienone is 1. The molecule has 0 aliphatic carbocycles. The van der Waals surface area contributed by atoms with Crippen molar-refractivity contribution in [2.45, 2.75) is 32.2 Å². The highest BCUT2D eigenvalue weighted by molar-refractivity contribution is 6.25. The molecule has 1 aliphatic heterocycles. The van der Waals surface area contributed by atoms with Crippen molar-refractivity contribution in [1.29, 1.82) is 0 Å². The fourth-order valence-corrected chi connectivity index (χ4v) is 2.57.